The molecule has 3 N–H and O–H groups in total. The molecule has 3 aromatic rings. The van der Waals surface area contributed by atoms with E-state index >= 15 is 0 Å². The van der Waals surface area contributed by atoms with Crippen molar-refractivity contribution in [2.24, 2.45) is 0 Å². The number of carbonyl (C=O) groups excluding carboxylic acids is 2. The maximum Gasteiger partial charge on any atom is 0.251 e. The van der Waals surface area contributed by atoms with Crippen molar-refractivity contribution in [1.82, 2.24) is 10.6 Å². The molecule has 162 valence electrons. The van der Waals surface area contributed by atoms with Crippen LogP contribution in [0.15, 0.2) is 84.9 Å². The van der Waals surface area contributed by atoms with Gasteiger partial charge >= 0.3 is 0 Å². The second-order valence-electron chi connectivity index (χ2n) is 7.01. The Hall–Kier alpha value is -3.48. The summed E-state index contributed by atoms with van der Waals surface area (Å²) in [6.07, 6.45) is 3.05. The number of hydrogen-bond donors (Lipinski definition) is 3. The maximum absolute atomic E-state index is 12.5. The molecular weight excluding hydrogens is 442 g/mol. The van der Waals surface area contributed by atoms with Crippen LogP contribution in [0.2, 0.25) is 5.02 Å². The van der Waals surface area contributed by atoms with Crippen molar-refractivity contribution in [3.05, 3.63) is 107 Å². The van der Waals surface area contributed by atoms with Gasteiger partial charge in [-0.25, -0.2) is 0 Å². The molecule has 0 saturated carbocycles. The molecule has 0 aliphatic rings. The Bertz CT molecular complexity index is 1110. The van der Waals surface area contributed by atoms with Gasteiger partial charge in [0.2, 0.25) is 5.91 Å². The number of thiocarbonyl (C=S) groups is 1. The van der Waals surface area contributed by atoms with Crippen LogP contribution >= 0.6 is 23.8 Å². The number of rotatable bonds is 6. The van der Waals surface area contributed by atoms with Crippen LogP contribution in [0, 0.1) is 0 Å². The lowest BCUT2D eigenvalue weighted by Crippen LogP contribution is -2.32. The van der Waals surface area contributed by atoms with Gasteiger partial charge in [0.15, 0.2) is 5.11 Å². The Kier molecular flexibility index (Phi) is 8.14. The van der Waals surface area contributed by atoms with Crippen LogP contribution in [0.1, 0.15) is 34.5 Å². The highest BCUT2D eigenvalue weighted by Gasteiger charge is 2.11. The minimum Gasteiger partial charge on any atom is -0.346 e. The number of carbonyl (C=O) groups is 2. The topological polar surface area (TPSA) is 70.2 Å². The van der Waals surface area contributed by atoms with Crippen molar-refractivity contribution < 1.29 is 9.59 Å². The maximum atomic E-state index is 12.5. The van der Waals surface area contributed by atoms with Gasteiger partial charge in [0.1, 0.15) is 0 Å². The van der Waals surface area contributed by atoms with Crippen LogP contribution in [0.5, 0.6) is 0 Å². The minimum absolute atomic E-state index is 0.106. The average Bonchev–Trinajstić information content (AvgIpc) is 2.79. The predicted molar refractivity (Wildman–Crippen MR) is 134 cm³/mol. The van der Waals surface area contributed by atoms with E-state index in [1.54, 1.807) is 54.6 Å². The second kappa shape index (κ2) is 11.2. The number of hydrogen-bond acceptors (Lipinski definition) is 3. The predicted octanol–water partition coefficient (Wildman–Crippen LogP) is 5.36. The summed E-state index contributed by atoms with van der Waals surface area (Å²) < 4.78 is 0. The first-order valence-corrected chi connectivity index (χ1v) is 10.7. The summed E-state index contributed by atoms with van der Waals surface area (Å²) in [5.74, 6) is -0.528. The van der Waals surface area contributed by atoms with Crippen LogP contribution in [0.4, 0.5) is 5.69 Å². The largest absolute Gasteiger partial charge is 0.346 e. The zero-order chi connectivity index (χ0) is 22.9. The summed E-state index contributed by atoms with van der Waals surface area (Å²) >= 11 is 11.0. The lowest BCUT2D eigenvalue weighted by atomic mass is 10.1. The van der Waals surface area contributed by atoms with E-state index in [1.165, 1.54) is 6.08 Å². The normalized spacial score (nSPS) is 11.6. The third-order valence-electron chi connectivity index (χ3n) is 4.59. The van der Waals surface area contributed by atoms with E-state index in [4.69, 9.17) is 23.8 Å². The lowest BCUT2D eigenvalue weighted by Gasteiger charge is -2.14. The molecule has 0 bridgehead atoms. The van der Waals surface area contributed by atoms with Crippen LogP contribution in [-0.2, 0) is 4.79 Å². The fourth-order valence-corrected chi connectivity index (χ4v) is 3.22. The second-order valence-corrected chi connectivity index (χ2v) is 7.86. The Morgan fingerprint density at radius 3 is 2.25 bits per heavy atom. The summed E-state index contributed by atoms with van der Waals surface area (Å²) in [6, 6.07) is 23.6. The summed E-state index contributed by atoms with van der Waals surface area (Å²) in [7, 11) is 0. The molecule has 0 radical (unpaired) electrons. The molecule has 0 spiro atoms. The van der Waals surface area contributed by atoms with Gasteiger partial charge in [0, 0.05) is 22.3 Å². The minimum atomic E-state index is -0.358. The highest BCUT2D eigenvalue weighted by atomic mass is 35.5. The summed E-state index contributed by atoms with van der Waals surface area (Å²) in [5, 5.41) is 9.27. The molecule has 7 heteroatoms. The highest BCUT2D eigenvalue weighted by molar-refractivity contribution is 7.80. The molecule has 0 fully saturated rings. The van der Waals surface area contributed by atoms with Crippen molar-refractivity contribution >= 4 is 52.5 Å². The van der Waals surface area contributed by atoms with Gasteiger partial charge in [-0.3, -0.25) is 14.9 Å². The summed E-state index contributed by atoms with van der Waals surface area (Å²) in [5.41, 5.74) is 3.06. The van der Waals surface area contributed by atoms with E-state index in [0.29, 0.717) is 16.3 Å². The van der Waals surface area contributed by atoms with Gasteiger partial charge in [0.25, 0.3) is 5.91 Å². The third-order valence-corrected chi connectivity index (χ3v) is 5.04. The number of anilines is 1. The Balaban J connectivity index is 1.50. The molecule has 1 unspecified atom stereocenters. The van der Waals surface area contributed by atoms with Crippen LogP contribution in [0.25, 0.3) is 6.08 Å². The SMILES string of the molecule is CC(NC(=O)c1ccc(NC(=S)NC(=O)/C=C/c2ccc(Cl)cc2)cc1)c1ccccc1. The summed E-state index contributed by atoms with van der Waals surface area (Å²) in [6.45, 7) is 1.94. The van der Waals surface area contributed by atoms with Gasteiger partial charge in [-0.15, -0.1) is 0 Å². The van der Waals surface area contributed by atoms with Crippen molar-refractivity contribution in [2.75, 3.05) is 5.32 Å². The molecule has 0 aliphatic carbocycles. The molecule has 5 nitrogen and oxygen atoms in total. The third kappa shape index (κ3) is 7.04. The molecule has 2 amide bonds. The highest BCUT2D eigenvalue weighted by Crippen LogP contribution is 2.14. The van der Waals surface area contributed by atoms with Gasteiger partial charge in [-0.2, -0.15) is 0 Å². The Morgan fingerprint density at radius 1 is 0.938 bits per heavy atom. The molecular formula is C25H22ClN3O2S. The molecule has 0 aromatic heterocycles. The van der Waals surface area contributed by atoms with Crippen LogP contribution in [-0.4, -0.2) is 16.9 Å². The molecule has 0 heterocycles. The first kappa shape index (κ1) is 23.2. The van der Waals surface area contributed by atoms with E-state index in [0.717, 1.165) is 11.1 Å². The number of benzene rings is 3. The standard InChI is InChI=1S/C25H22ClN3O2S/c1-17(19-5-3-2-4-6-19)27-24(31)20-10-14-22(15-11-20)28-25(32)29-23(30)16-9-18-7-12-21(26)13-8-18/h2-17H,1H3,(H,27,31)(H2,28,29,30,32)/b16-9+. The first-order valence-electron chi connectivity index (χ1n) is 9.92. The van der Waals surface area contributed by atoms with E-state index in [9.17, 15) is 9.59 Å². The van der Waals surface area contributed by atoms with E-state index in [-0.39, 0.29) is 23.0 Å². The smallest absolute Gasteiger partial charge is 0.251 e. The quantitative estimate of drug-likeness (QED) is 0.340. The van der Waals surface area contributed by atoms with Crippen LogP contribution in [0.3, 0.4) is 0 Å². The van der Waals surface area contributed by atoms with Crippen molar-refractivity contribution in [1.29, 1.82) is 0 Å². The average molecular weight is 464 g/mol. The van der Waals surface area contributed by atoms with E-state index in [1.807, 2.05) is 37.3 Å². The van der Waals surface area contributed by atoms with Gasteiger partial charge in [-0.1, -0.05) is 54.1 Å². The Labute approximate surface area is 197 Å². The number of halogens is 1. The number of nitrogens with one attached hydrogen (secondary N) is 3. The van der Waals surface area contributed by atoms with Crippen molar-refractivity contribution in [3.63, 3.8) is 0 Å². The monoisotopic (exact) mass is 463 g/mol. The summed E-state index contributed by atoms with van der Waals surface area (Å²) in [4.78, 5) is 24.5. The van der Waals surface area contributed by atoms with Crippen molar-refractivity contribution in [3.8, 4) is 0 Å². The lowest BCUT2D eigenvalue weighted by molar-refractivity contribution is -0.115. The molecule has 32 heavy (non-hydrogen) atoms. The van der Waals surface area contributed by atoms with Gasteiger partial charge < -0.3 is 10.6 Å². The molecule has 0 aliphatic heterocycles. The molecule has 0 saturated heterocycles. The zero-order valence-corrected chi connectivity index (χ0v) is 18.9. The van der Waals surface area contributed by atoms with Gasteiger partial charge in [-0.05, 0) is 72.7 Å². The fraction of sp³-hybridized carbons (Fsp3) is 0.0800. The molecule has 1 atom stereocenters. The fourth-order valence-electron chi connectivity index (χ4n) is 2.87. The van der Waals surface area contributed by atoms with E-state index < -0.39 is 0 Å². The zero-order valence-electron chi connectivity index (χ0n) is 17.3. The molecule has 3 aromatic carbocycles. The van der Waals surface area contributed by atoms with Crippen LogP contribution < -0.4 is 16.0 Å². The van der Waals surface area contributed by atoms with Crippen molar-refractivity contribution in [2.45, 2.75) is 13.0 Å². The Morgan fingerprint density at radius 2 is 1.59 bits per heavy atom. The van der Waals surface area contributed by atoms with Gasteiger partial charge in [0.05, 0.1) is 6.04 Å². The molecule has 3 rings (SSSR count). The van der Waals surface area contributed by atoms with E-state index in [2.05, 4.69) is 16.0 Å². The first-order chi connectivity index (χ1) is 15.4. The number of amides is 2.